The van der Waals surface area contributed by atoms with Crippen molar-refractivity contribution < 1.29 is 41.9 Å². The second kappa shape index (κ2) is 11.2. The number of benzene rings is 2. The average molecular weight is 521 g/mol. The molecule has 0 aliphatic carbocycles. The molecule has 1 unspecified atom stereocenters. The third-order valence-electron chi connectivity index (χ3n) is 5.89. The number of Topliss-reactive ketones (excluding diaryl/α,β-unsaturated/α-hetero) is 1. The number of nitrogens with one attached hydrogen (secondary N) is 1. The Balaban J connectivity index is 1.31. The van der Waals surface area contributed by atoms with Crippen LogP contribution in [0.2, 0.25) is 0 Å². The molecule has 0 radical (unpaired) electrons. The lowest BCUT2D eigenvalue weighted by Gasteiger charge is -2.32. The van der Waals surface area contributed by atoms with E-state index in [9.17, 15) is 22.8 Å². The van der Waals surface area contributed by atoms with Crippen molar-refractivity contribution in [2.24, 2.45) is 5.73 Å². The van der Waals surface area contributed by atoms with Crippen LogP contribution in [0.3, 0.4) is 0 Å². The molecule has 9 nitrogen and oxygen atoms in total. The van der Waals surface area contributed by atoms with E-state index in [-0.39, 0.29) is 29.6 Å². The molecule has 1 fully saturated rings. The zero-order valence-corrected chi connectivity index (χ0v) is 19.7. The number of ketones is 1. The van der Waals surface area contributed by atoms with E-state index in [0.717, 1.165) is 0 Å². The van der Waals surface area contributed by atoms with Crippen LogP contribution in [0.1, 0.15) is 40.2 Å². The number of amides is 1. The maximum absolute atomic E-state index is 12.7. The highest BCUT2D eigenvalue weighted by Crippen LogP contribution is 2.28. The van der Waals surface area contributed by atoms with Gasteiger partial charge in [-0.15, -0.1) is 0 Å². The van der Waals surface area contributed by atoms with Crippen LogP contribution < -0.4 is 20.7 Å². The SMILES string of the molecule is NC(CC(=O)c1cc2cc(OC3CCN(CC(F)(F)F)CC3)ccc2o1)Oc1ccc(C(=O)NO)cc1. The van der Waals surface area contributed by atoms with E-state index in [0.29, 0.717) is 48.4 Å². The highest BCUT2D eigenvalue weighted by atomic mass is 19.4. The predicted molar refractivity (Wildman–Crippen MR) is 126 cm³/mol. The van der Waals surface area contributed by atoms with Crippen molar-refractivity contribution in [2.75, 3.05) is 19.6 Å². The Morgan fingerprint density at radius 1 is 1.11 bits per heavy atom. The van der Waals surface area contributed by atoms with Crippen LogP contribution >= 0.6 is 0 Å². The summed E-state index contributed by atoms with van der Waals surface area (Å²) in [6.45, 7) is -0.301. The minimum absolute atomic E-state index is 0.0987. The van der Waals surface area contributed by atoms with Gasteiger partial charge < -0.3 is 13.9 Å². The highest BCUT2D eigenvalue weighted by Gasteiger charge is 2.33. The van der Waals surface area contributed by atoms with Gasteiger partial charge >= 0.3 is 6.18 Å². The molecule has 1 amide bonds. The molecule has 1 saturated heterocycles. The van der Waals surface area contributed by atoms with Crippen molar-refractivity contribution in [1.82, 2.24) is 10.4 Å². The van der Waals surface area contributed by atoms with E-state index < -0.39 is 24.9 Å². The van der Waals surface area contributed by atoms with Gasteiger partial charge in [0.25, 0.3) is 5.91 Å². The maximum Gasteiger partial charge on any atom is 0.401 e. The van der Waals surface area contributed by atoms with E-state index in [1.807, 2.05) is 0 Å². The molecule has 3 aromatic rings. The second-order valence-corrected chi connectivity index (χ2v) is 8.77. The van der Waals surface area contributed by atoms with E-state index >= 15 is 0 Å². The molecule has 12 heteroatoms. The maximum atomic E-state index is 12.7. The van der Waals surface area contributed by atoms with Crippen molar-refractivity contribution in [2.45, 2.75) is 37.8 Å². The number of halogens is 3. The van der Waals surface area contributed by atoms with E-state index in [1.54, 1.807) is 24.3 Å². The number of hydrogen-bond acceptors (Lipinski definition) is 8. The van der Waals surface area contributed by atoms with E-state index in [2.05, 4.69) is 0 Å². The van der Waals surface area contributed by atoms with Gasteiger partial charge in [0.05, 0.1) is 13.0 Å². The van der Waals surface area contributed by atoms with Crippen molar-refractivity contribution in [3.63, 3.8) is 0 Å². The molecule has 1 aromatic heterocycles. The van der Waals surface area contributed by atoms with Crippen LogP contribution in [-0.2, 0) is 0 Å². The van der Waals surface area contributed by atoms with Crippen LogP contribution in [0.5, 0.6) is 11.5 Å². The molecule has 1 aliphatic heterocycles. The molecule has 4 rings (SSSR count). The van der Waals surface area contributed by atoms with E-state index in [4.69, 9.17) is 24.8 Å². The fraction of sp³-hybridized carbons (Fsp3) is 0.360. The minimum Gasteiger partial charge on any atom is -0.490 e. The van der Waals surface area contributed by atoms with Crippen molar-refractivity contribution >= 4 is 22.7 Å². The Labute approximate surface area is 209 Å². The normalized spacial score (nSPS) is 15.9. The van der Waals surface area contributed by atoms with Gasteiger partial charge in [-0.25, -0.2) is 5.48 Å². The summed E-state index contributed by atoms with van der Waals surface area (Å²) in [5.74, 6) is -0.0674. The lowest BCUT2D eigenvalue weighted by Crippen LogP contribution is -2.42. The van der Waals surface area contributed by atoms with Gasteiger partial charge in [-0.3, -0.25) is 25.4 Å². The molecule has 0 saturated carbocycles. The summed E-state index contributed by atoms with van der Waals surface area (Å²) in [5.41, 5.74) is 8.16. The van der Waals surface area contributed by atoms with Crippen LogP contribution in [0.4, 0.5) is 13.2 Å². The Bertz CT molecular complexity index is 1240. The van der Waals surface area contributed by atoms with Gasteiger partial charge in [0.15, 0.2) is 12.0 Å². The van der Waals surface area contributed by atoms with Crippen LogP contribution in [0, 0.1) is 0 Å². The predicted octanol–water partition coefficient (Wildman–Crippen LogP) is 3.89. The third kappa shape index (κ3) is 7.21. The molecule has 4 N–H and O–H groups in total. The summed E-state index contributed by atoms with van der Waals surface area (Å²) in [6, 6.07) is 12.5. The number of rotatable bonds is 9. The van der Waals surface area contributed by atoms with Crippen LogP contribution in [0.15, 0.2) is 52.9 Å². The molecule has 2 aromatic carbocycles. The molecule has 1 atom stereocenters. The number of fused-ring (bicyclic) bond motifs is 1. The van der Waals surface area contributed by atoms with Gasteiger partial charge in [-0.05, 0) is 61.4 Å². The smallest absolute Gasteiger partial charge is 0.401 e. The monoisotopic (exact) mass is 521 g/mol. The summed E-state index contributed by atoms with van der Waals surface area (Å²) in [5, 5.41) is 9.30. The molecular formula is C25H26F3N3O6. The summed E-state index contributed by atoms with van der Waals surface area (Å²) in [6.07, 6.45) is -4.58. The summed E-state index contributed by atoms with van der Waals surface area (Å²) >= 11 is 0. The first-order chi connectivity index (χ1) is 17.6. The van der Waals surface area contributed by atoms with Crippen molar-refractivity contribution in [3.8, 4) is 11.5 Å². The molecule has 37 heavy (non-hydrogen) atoms. The average Bonchev–Trinajstić information content (AvgIpc) is 3.28. The molecular weight excluding hydrogens is 495 g/mol. The molecule has 0 bridgehead atoms. The Morgan fingerprint density at radius 2 is 1.78 bits per heavy atom. The van der Waals surface area contributed by atoms with Gasteiger partial charge in [-0.2, -0.15) is 13.2 Å². The molecule has 198 valence electrons. The van der Waals surface area contributed by atoms with Crippen molar-refractivity contribution in [1.29, 1.82) is 0 Å². The summed E-state index contributed by atoms with van der Waals surface area (Å²) in [7, 11) is 0. The van der Waals surface area contributed by atoms with Gasteiger partial charge in [0, 0.05) is 24.0 Å². The lowest BCUT2D eigenvalue weighted by molar-refractivity contribution is -0.149. The molecule has 2 heterocycles. The van der Waals surface area contributed by atoms with Gasteiger partial charge in [0.1, 0.15) is 23.2 Å². The number of ether oxygens (including phenoxy) is 2. The number of hydrogen-bond donors (Lipinski definition) is 3. The third-order valence-corrected chi connectivity index (χ3v) is 5.89. The molecule has 0 spiro atoms. The number of furan rings is 1. The number of hydroxylamine groups is 1. The van der Waals surface area contributed by atoms with Crippen LogP contribution in [0.25, 0.3) is 11.0 Å². The van der Waals surface area contributed by atoms with Crippen LogP contribution in [-0.4, -0.2) is 59.9 Å². The number of piperidine rings is 1. The number of carbonyl (C=O) groups excluding carboxylic acids is 2. The molecule has 1 aliphatic rings. The van der Waals surface area contributed by atoms with E-state index in [1.165, 1.54) is 34.6 Å². The second-order valence-electron chi connectivity index (χ2n) is 8.77. The highest BCUT2D eigenvalue weighted by molar-refractivity contribution is 5.98. The number of nitrogens with two attached hydrogens (primary N) is 1. The first-order valence-electron chi connectivity index (χ1n) is 11.6. The number of alkyl halides is 3. The summed E-state index contributed by atoms with van der Waals surface area (Å²) in [4.78, 5) is 25.4. The fourth-order valence-corrected chi connectivity index (χ4v) is 4.11. The quantitative estimate of drug-likeness (QED) is 0.168. The van der Waals surface area contributed by atoms with Crippen molar-refractivity contribution in [3.05, 3.63) is 59.9 Å². The summed E-state index contributed by atoms with van der Waals surface area (Å²) < 4.78 is 54.8. The van der Waals surface area contributed by atoms with Gasteiger partial charge in [0.2, 0.25) is 5.78 Å². The number of nitrogens with zero attached hydrogens (tertiary/aromatic N) is 1. The Morgan fingerprint density at radius 3 is 2.43 bits per heavy atom. The largest absolute Gasteiger partial charge is 0.490 e. The topological polar surface area (TPSA) is 127 Å². The lowest BCUT2D eigenvalue weighted by atomic mass is 10.1. The first-order valence-corrected chi connectivity index (χ1v) is 11.6. The fourth-order valence-electron chi connectivity index (χ4n) is 4.11. The first kappa shape index (κ1) is 26.5. The number of carbonyl (C=O) groups is 2. The Hall–Kier alpha value is -3.61. The van der Waals surface area contributed by atoms with Gasteiger partial charge in [-0.1, -0.05) is 0 Å². The standard InChI is InChI=1S/C25H26F3N3O6/c26-25(27,28)14-31-9-7-18(8-10-31)35-19-5-6-21-16(11-19)12-22(37-21)20(32)13-23(29)36-17-3-1-15(2-4-17)24(33)30-34/h1-6,11-12,18,23,34H,7-10,13-14,29H2,(H,30,33). The Kier molecular flexibility index (Phi) is 8.00. The minimum atomic E-state index is -4.21. The zero-order valence-electron chi connectivity index (χ0n) is 19.7. The number of likely N-dealkylation sites (tertiary alicyclic amines) is 1. The zero-order chi connectivity index (χ0) is 26.6.